The first-order valence-electron chi connectivity index (χ1n) is 6.95. The van der Waals surface area contributed by atoms with E-state index in [0.29, 0.717) is 13.0 Å². The van der Waals surface area contributed by atoms with E-state index in [2.05, 4.69) is 10.5 Å². The molecule has 0 saturated heterocycles. The number of benzene rings is 2. The lowest BCUT2D eigenvalue weighted by Crippen LogP contribution is -2.28. The molecule has 2 rings (SSSR count). The standard InChI is InChI=1S/C17H17FN2O2/c18-16-8-6-14(7-9-16)10-11-19-17(21)13-22-20-12-15-4-2-1-3-5-15/h1-9,12H,10-11,13H2,(H,19,21). The first-order chi connectivity index (χ1) is 10.7. The number of hydrogen-bond donors (Lipinski definition) is 1. The van der Waals surface area contributed by atoms with Crippen molar-refractivity contribution < 1.29 is 14.0 Å². The van der Waals surface area contributed by atoms with Gasteiger partial charge in [0.2, 0.25) is 0 Å². The third-order valence-corrected chi connectivity index (χ3v) is 2.92. The molecule has 0 saturated carbocycles. The van der Waals surface area contributed by atoms with Gasteiger partial charge in [-0.15, -0.1) is 0 Å². The molecule has 0 aliphatic rings. The Hall–Kier alpha value is -2.69. The second-order valence-electron chi connectivity index (χ2n) is 4.65. The van der Waals surface area contributed by atoms with Crippen LogP contribution in [-0.2, 0) is 16.1 Å². The lowest BCUT2D eigenvalue weighted by Gasteiger charge is -2.04. The number of rotatable bonds is 7. The molecule has 0 heterocycles. The minimum absolute atomic E-state index is 0.132. The van der Waals surface area contributed by atoms with Crippen molar-refractivity contribution in [3.63, 3.8) is 0 Å². The van der Waals surface area contributed by atoms with Gasteiger partial charge in [0.1, 0.15) is 5.82 Å². The Kier molecular flexibility index (Phi) is 6.11. The summed E-state index contributed by atoms with van der Waals surface area (Å²) in [5, 5.41) is 6.44. The number of nitrogens with zero attached hydrogens (tertiary/aromatic N) is 1. The summed E-state index contributed by atoms with van der Waals surface area (Å²) in [4.78, 5) is 16.5. The fourth-order valence-corrected chi connectivity index (χ4v) is 1.78. The van der Waals surface area contributed by atoms with Gasteiger partial charge in [0.25, 0.3) is 5.91 Å². The third kappa shape index (κ3) is 5.75. The molecule has 1 N–H and O–H groups in total. The second-order valence-corrected chi connectivity index (χ2v) is 4.65. The van der Waals surface area contributed by atoms with Crippen molar-refractivity contribution in [2.24, 2.45) is 5.16 Å². The van der Waals surface area contributed by atoms with Gasteiger partial charge in [-0.25, -0.2) is 4.39 Å². The molecular formula is C17H17FN2O2. The molecule has 0 bridgehead atoms. The molecule has 0 spiro atoms. The summed E-state index contributed by atoms with van der Waals surface area (Å²) in [6.07, 6.45) is 2.19. The van der Waals surface area contributed by atoms with Crippen LogP contribution in [0.3, 0.4) is 0 Å². The number of amides is 1. The van der Waals surface area contributed by atoms with E-state index < -0.39 is 0 Å². The van der Waals surface area contributed by atoms with E-state index in [1.54, 1.807) is 18.3 Å². The molecule has 2 aromatic rings. The lowest BCUT2D eigenvalue weighted by atomic mass is 10.1. The van der Waals surface area contributed by atoms with E-state index in [-0.39, 0.29) is 18.3 Å². The number of hydrogen-bond acceptors (Lipinski definition) is 3. The number of oxime groups is 1. The van der Waals surface area contributed by atoms with Gasteiger partial charge in [-0.3, -0.25) is 4.79 Å². The number of nitrogens with one attached hydrogen (secondary N) is 1. The van der Waals surface area contributed by atoms with Crippen molar-refractivity contribution in [1.82, 2.24) is 5.32 Å². The smallest absolute Gasteiger partial charge is 0.260 e. The Bertz CT molecular complexity index is 612. The first kappa shape index (κ1) is 15.7. The maximum atomic E-state index is 12.7. The Morgan fingerprint density at radius 1 is 1.14 bits per heavy atom. The minimum Gasteiger partial charge on any atom is -0.386 e. The Balaban J connectivity index is 1.62. The van der Waals surface area contributed by atoms with Gasteiger partial charge < -0.3 is 10.2 Å². The molecule has 0 aliphatic carbocycles. The number of carbonyl (C=O) groups excluding carboxylic acids is 1. The van der Waals surface area contributed by atoms with Crippen LogP contribution in [0, 0.1) is 5.82 Å². The SMILES string of the molecule is O=C(CON=Cc1ccccc1)NCCc1ccc(F)cc1. The lowest BCUT2D eigenvalue weighted by molar-refractivity contribution is -0.125. The zero-order chi connectivity index (χ0) is 15.6. The predicted molar refractivity (Wildman–Crippen MR) is 83.1 cm³/mol. The number of halogens is 1. The van der Waals surface area contributed by atoms with Crippen LogP contribution < -0.4 is 5.32 Å². The molecule has 1 amide bonds. The fraction of sp³-hybridized carbons (Fsp3) is 0.176. The van der Waals surface area contributed by atoms with Crippen LogP contribution in [0.25, 0.3) is 0 Å². The van der Waals surface area contributed by atoms with Crippen LogP contribution in [0.5, 0.6) is 0 Å². The van der Waals surface area contributed by atoms with E-state index in [1.165, 1.54) is 12.1 Å². The summed E-state index contributed by atoms with van der Waals surface area (Å²) in [5.74, 6) is -0.509. The minimum atomic E-state index is -0.266. The highest BCUT2D eigenvalue weighted by Gasteiger charge is 2.01. The summed E-state index contributed by atoms with van der Waals surface area (Å²) >= 11 is 0. The largest absolute Gasteiger partial charge is 0.386 e. The van der Waals surface area contributed by atoms with Crippen LogP contribution in [0.4, 0.5) is 4.39 Å². The van der Waals surface area contributed by atoms with Gasteiger partial charge in [0, 0.05) is 6.54 Å². The van der Waals surface area contributed by atoms with E-state index in [1.807, 2.05) is 30.3 Å². The molecular weight excluding hydrogens is 283 g/mol. The molecule has 0 fully saturated rings. The van der Waals surface area contributed by atoms with Gasteiger partial charge in [-0.1, -0.05) is 47.6 Å². The molecule has 4 nitrogen and oxygen atoms in total. The average molecular weight is 300 g/mol. The first-order valence-corrected chi connectivity index (χ1v) is 6.95. The molecule has 0 aromatic heterocycles. The van der Waals surface area contributed by atoms with Crippen LogP contribution in [0.2, 0.25) is 0 Å². The number of carbonyl (C=O) groups is 1. The van der Waals surface area contributed by atoms with E-state index in [0.717, 1.165) is 11.1 Å². The molecule has 114 valence electrons. The van der Waals surface area contributed by atoms with E-state index >= 15 is 0 Å². The molecule has 0 atom stereocenters. The van der Waals surface area contributed by atoms with Crippen molar-refractivity contribution in [2.45, 2.75) is 6.42 Å². The van der Waals surface area contributed by atoms with Crippen molar-refractivity contribution in [2.75, 3.05) is 13.2 Å². The topological polar surface area (TPSA) is 50.7 Å². The summed E-state index contributed by atoms with van der Waals surface area (Å²) < 4.78 is 12.7. The highest BCUT2D eigenvalue weighted by Crippen LogP contribution is 2.02. The third-order valence-electron chi connectivity index (χ3n) is 2.92. The monoisotopic (exact) mass is 300 g/mol. The highest BCUT2D eigenvalue weighted by atomic mass is 19.1. The van der Waals surface area contributed by atoms with Crippen LogP contribution in [0.15, 0.2) is 59.8 Å². The summed E-state index contributed by atoms with van der Waals surface area (Å²) in [7, 11) is 0. The van der Waals surface area contributed by atoms with E-state index in [9.17, 15) is 9.18 Å². The quantitative estimate of drug-likeness (QED) is 0.631. The van der Waals surface area contributed by atoms with E-state index in [4.69, 9.17) is 4.84 Å². The van der Waals surface area contributed by atoms with Crippen molar-refractivity contribution in [3.05, 3.63) is 71.5 Å². The maximum Gasteiger partial charge on any atom is 0.260 e. The Morgan fingerprint density at radius 2 is 1.86 bits per heavy atom. The highest BCUT2D eigenvalue weighted by molar-refractivity contribution is 5.79. The van der Waals surface area contributed by atoms with Crippen LogP contribution in [0.1, 0.15) is 11.1 Å². The Labute approximate surface area is 128 Å². The van der Waals surface area contributed by atoms with Crippen LogP contribution in [-0.4, -0.2) is 25.3 Å². The maximum absolute atomic E-state index is 12.7. The van der Waals surface area contributed by atoms with Crippen LogP contribution >= 0.6 is 0 Å². The fourth-order valence-electron chi connectivity index (χ4n) is 1.78. The van der Waals surface area contributed by atoms with Gasteiger partial charge in [0.15, 0.2) is 6.61 Å². The summed E-state index contributed by atoms with van der Waals surface area (Å²) in [6.45, 7) is 0.336. The average Bonchev–Trinajstić information content (AvgIpc) is 2.54. The second kappa shape index (κ2) is 8.56. The molecule has 22 heavy (non-hydrogen) atoms. The summed E-state index contributed by atoms with van der Waals surface area (Å²) in [6, 6.07) is 15.7. The zero-order valence-corrected chi connectivity index (χ0v) is 12.0. The predicted octanol–water partition coefficient (Wildman–Crippen LogP) is 2.54. The van der Waals surface area contributed by atoms with Crippen molar-refractivity contribution in [3.8, 4) is 0 Å². The molecule has 5 heteroatoms. The molecule has 2 aromatic carbocycles. The molecule has 0 unspecified atom stereocenters. The van der Waals surface area contributed by atoms with Gasteiger partial charge in [-0.2, -0.15) is 0 Å². The molecule has 0 radical (unpaired) electrons. The summed E-state index contributed by atoms with van der Waals surface area (Å²) in [5.41, 5.74) is 1.86. The van der Waals surface area contributed by atoms with Crippen molar-refractivity contribution >= 4 is 12.1 Å². The normalized spacial score (nSPS) is 10.6. The zero-order valence-electron chi connectivity index (χ0n) is 12.0. The molecule has 0 aliphatic heterocycles. The van der Waals surface area contributed by atoms with Gasteiger partial charge >= 0.3 is 0 Å². The Morgan fingerprint density at radius 3 is 2.59 bits per heavy atom. The van der Waals surface area contributed by atoms with Crippen molar-refractivity contribution in [1.29, 1.82) is 0 Å². The van der Waals surface area contributed by atoms with Gasteiger partial charge in [-0.05, 0) is 29.7 Å². The van der Waals surface area contributed by atoms with Gasteiger partial charge in [0.05, 0.1) is 6.21 Å².